The van der Waals surface area contributed by atoms with Gasteiger partial charge in [0.2, 0.25) is 5.91 Å². The van der Waals surface area contributed by atoms with E-state index in [0.29, 0.717) is 47.7 Å². The summed E-state index contributed by atoms with van der Waals surface area (Å²) in [5.41, 5.74) is 7.15. The number of aromatic nitrogens is 2. The van der Waals surface area contributed by atoms with Gasteiger partial charge in [-0.3, -0.25) is 14.2 Å². The monoisotopic (exact) mass is 468 g/mol. The van der Waals surface area contributed by atoms with Crippen LogP contribution < -0.4 is 11.3 Å². The topological polar surface area (TPSA) is 81.2 Å². The van der Waals surface area contributed by atoms with Crippen molar-refractivity contribution in [1.82, 2.24) is 14.5 Å². The third-order valence-electron chi connectivity index (χ3n) is 6.06. The van der Waals surface area contributed by atoms with Crippen molar-refractivity contribution in [1.29, 1.82) is 0 Å². The van der Waals surface area contributed by atoms with Gasteiger partial charge in [0, 0.05) is 25.0 Å². The standard InChI is InChI=1S/C26H33ClN4O2/c1-19(25-29-23-18-21(27)13-14-22(23)26(33)30(25)2)31(17-9-4-3-8-16-28)24(32)15-12-20-10-6-5-7-11-20/h5-7,10-11,13-14,18-19H,3-4,8-9,12,15-17,28H2,1-2H3. The van der Waals surface area contributed by atoms with Crippen molar-refractivity contribution in [3.05, 3.63) is 75.3 Å². The number of aryl methyl sites for hydroxylation is 1. The van der Waals surface area contributed by atoms with E-state index in [1.165, 1.54) is 0 Å². The summed E-state index contributed by atoms with van der Waals surface area (Å²) in [4.78, 5) is 32.9. The number of fused-ring (bicyclic) bond motifs is 1. The Labute approximate surface area is 200 Å². The maximum atomic E-state index is 13.3. The van der Waals surface area contributed by atoms with Gasteiger partial charge in [0.15, 0.2) is 0 Å². The van der Waals surface area contributed by atoms with Gasteiger partial charge in [-0.05, 0) is 56.5 Å². The second kappa shape index (κ2) is 12.0. The summed E-state index contributed by atoms with van der Waals surface area (Å²) in [6.45, 7) is 3.24. The van der Waals surface area contributed by atoms with Crippen molar-refractivity contribution in [2.45, 2.75) is 51.5 Å². The normalized spacial score (nSPS) is 12.1. The maximum Gasteiger partial charge on any atom is 0.261 e. The van der Waals surface area contributed by atoms with E-state index in [0.717, 1.165) is 31.2 Å². The van der Waals surface area contributed by atoms with E-state index in [1.807, 2.05) is 42.2 Å². The van der Waals surface area contributed by atoms with E-state index in [2.05, 4.69) is 0 Å². The van der Waals surface area contributed by atoms with Crippen LogP contribution >= 0.6 is 11.6 Å². The number of amides is 1. The van der Waals surface area contributed by atoms with Crippen molar-refractivity contribution in [3.63, 3.8) is 0 Å². The number of hydrogen-bond acceptors (Lipinski definition) is 4. The molecule has 0 saturated carbocycles. The Bertz CT molecular complexity index is 1130. The van der Waals surface area contributed by atoms with Crippen molar-refractivity contribution in [3.8, 4) is 0 Å². The van der Waals surface area contributed by atoms with Crippen LogP contribution in [-0.2, 0) is 18.3 Å². The summed E-state index contributed by atoms with van der Waals surface area (Å²) in [6.07, 6.45) is 5.00. The minimum absolute atomic E-state index is 0.0608. The molecule has 33 heavy (non-hydrogen) atoms. The number of carbonyl (C=O) groups excluding carboxylic acids is 1. The predicted molar refractivity (Wildman–Crippen MR) is 134 cm³/mol. The molecule has 6 nitrogen and oxygen atoms in total. The lowest BCUT2D eigenvalue weighted by Crippen LogP contribution is -2.38. The van der Waals surface area contributed by atoms with Gasteiger partial charge in [-0.2, -0.15) is 0 Å². The van der Waals surface area contributed by atoms with Gasteiger partial charge in [-0.1, -0.05) is 54.8 Å². The van der Waals surface area contributed by atoms with Gasteiger partial charge in [-0.25, -0.2) is 4.98 Å². The molecule has 0 aliphatic carbocycles. The van der Waals surface area contributed by atoms with Crippen LogP contribution in [0.2, 0.25) is 5.02 Å². The maximum absolute atomic E-state index is 13.3. The lowest BCUT2D eigenvalue weighted by atomic mass is 10.1. The molecule has 2 aromatic carbocycles. The molecule has 1 atom stereocenters. The minimum atomic E-state index is -0.344. The molecule has 1 amide bonds. The van der Waals surface area contributed by atoms with Crippen LogP contribution in [-0.4, -0.2) is 33.4 Å². The SMILES string of the molecule is CC(c1nc2cc(Cl)ccc2c(=O)n1C)N(CCCCCCN)C(=O)CCc1ccccc1. The molecule has 0 bridgehead atoms. The highest BCUT2D eigenvalue weighted by Gasteiger charge is 2.25. The molecule has 1 unspecified atom stereocenters. The first-order chi connectivity index (χ1) is 15.9. The van der Waals surface area contributed by atoms with Gasteiger partial charge in [0.05, 0.1) is 16.9 Å². The molecule has 0 fully saturated rings. The van der Waals surface area contributed by atoms with Crippen LogP contribution in [0.3, 0.4) is 0 Å². The minimum Gasteiger partial charge on any atom is -0.333 e. The Morgan fingerprint density at radius 2 is 1.85 bits per heavy atom. The van der Waals surface area contributed by atoms with E-state index in [-0.39, 0.29) is 17.5 Å². The summed E-state index contributed by atoms with van der Waals surface area (Å²) in [5.74, 6) is 0.621. The summed E-state index contributed by atoms with van der Waals surface area (Å²) < 4.78 is 1.55. The van der Waals surface area contributed by atoms with E-state index in [9.17, 15) is 9.59 Å². The van der Waals surface area contributed by atoms with E-state index in [4.69, 9.17) is 22.3 Å². The van der Waals surface area contributed by atoms with Crippen LogP contribution in [0.5, 0.6) is 0 Å². The zero-order valence-corrected chi connectivity index (χ0v) is 20.2. The Morgan fingerprint density at radius 1 is 1.12 bits per heavy atom. The van der Waals surface area contributed by atoms with Crippen LogP contribution in [0.25, 0.3) is 10.9 Å². The van der Waals surface area contributed by atoms with Gasteiger partial charge in [0.25, 0.3) is 5.56 Å². The zero-order chi connectivity index (χ0) is 23.8. The van der Waals surface area contributed by atoms with Crippen molar-refractivity contribution in [2.24, 2.45) is 12.8 Å². The fourth-order valence-corrected chi connectivity index (χ4v) is 4.29. The Kier molecular flexibility index (Phi) is 9.03. The molecule has 0 spiro atoms. The molecule has 0 saturated heterocycles. The van der Waals surface area contributed by atoms with E-state index >= 15 is 0 Å². The lowest BCUT2D eigenvalue weighted by molar-refractivity contribution is -0.133. The van der Waals surface area contributed by atoms with Gasteiger partial charge in [-0.15, -0.1) is 0 Å². The van der Waals surface area contributed by atoms with Gasteiger partial charge in [0.1, 0.15) is 5.82 Å². The van der Waals surface area contributed by atoms with Crippen LogP contribution in [0.1, 0.15) is 56.5 Å². The Balaban J connectivity index is 1.85. The molecule has 0 radical (unpaired) electrons. The van der Waals surface area contributed by atoms with Gasteiger partial charge < -0.3 is 10.6 Å². The fourth-order valence-electron chi connectivity index (χ4n) is 4.13. The third kappa shape index (κ3) is 6.42. The van der Waals surface area contributed by atoms with Crippen LogP contribution in [0.15, 0.2) is 53.3 Å². The number of halogens is 1. The highest BCUT2D eigenvalue weighted by Crippen LogP contribution is 2.23. The van der Waals surface area contributed by atoms with Gasteiger partial charge >= 0.3 is 0 Å². The Hall–Kier alpha value is -2.70. The van der Waals surface area contributed by atoms with Crippen molar-refractivity contribution >= 4 is 28.4 Å². The van der Waals surface area contributed by atoms with Crippen LogP contribution in [0.4, 0.5) is 0 Å². The highest BCUT2D eigenvalue weighted by molar-refractivity contribution is 6.31. The number of nitrogens with two attached hydrogens (primary N) is 1. The number of rotatable bonds is 11. The molecule has 7 heteroatoms. The Morgan fingerprint density at radius 3 is 2.58 bits per heavy atom. The highest BCUT2D eigenvalue weighted by atomic mass is 35.5. The number of carbonyl (C=O) groups is 1. The first kappa shape index (κ1) is 24.9. The molecular weight excluding hydrogens is 436 g/mol. The average Bonchev–Trinajstić information content (AvgIpc) is 2.82. The fraction of sp³-hybridized carbons (Fsp3) is 0.423. The summed E-state index contributed by atoms with van der Waals surface area (Å²) >= 11 is 6.14. The number of unbranched alkanes of at least 4 members (excludes halogenated alkanes) is 3. The van der Waals surface area contributed by atoms with Crippen LogP contribution in [0, 0.1) is 0 Å². The number of hydrogen-bond donors (Lipinski definition) is 1. The molecule has 3 aromatic rings. The lowest BCUT2D eigenvalue weighted by Gasteiger charge is -2.30. The van der Waals surface area contributed by atoms with Crippen molar-refractivity contribution < 1.29 is 4.79 Å². The average molecular weight is 469 g/mol. The summed E-state index contributed by atoms with van der Waals surface area (Å²) in [6, 6.07) is 14.7. The summed E-state index contributed by atoms with van der Waals surface area (Å²) in [5, 5.41) is 1.04. The number of benzene rings is 2. The first-order valence-electron chi connectivity index (χ1n) is 11.6. The van der Waals surface area contributed by atoms with E-state index < -0.39 is 0 Å². The molecule has 1 heterocycles. The van der Waals surface area contributed by atoms with E-state index in [1.54, 1.807) is 29.8 Å². The molecule has 0 aliphatic heterocycles. The molecule has 3 rings (SSSR count). The molecule has 176 valence electrons. The zero-order valence-electron chi connectivity index (χ0n) is 19.5. The number of nitrogens with zero attached hydrogens (tertiary/aromatic N) is 3. The largest absolute Gasteiger partial charge is 0.333 e. The molecule has 1 aromatic heterocycles. The quantitative estimate of drug-likeness (QED) is 0.416. The summed E-state index contributed by atoms with van der Waals surface area (Å²) in [7, 11) is 1.71. The molecule has 2 N–H and O–H groups in total. The second-order valence-electron chi connectivity index (χ2n) is 8.45. The third-order valence-corrected chi connectivity index (χ3v) is 6.29. The van der Waals surface area contributed by atoms with Crippen molar-refractivity contribution in [2.75, 3.05) is 13.1 Å². The first-order valence-corrected chi connectivity index (χ1v) is 12.0. The second-order valence-corrected chi connectivity index (χ2v) is 8.88. The smallest absolute Gasteiger partial charge is 0.261 e. The predicted octanol–water partition coefficient (Wildman–Crippen LogP) is 4.63. The molecule has 0 aliphatic rings. The molecular formula is C26H33ClN4O2.